The molecule has 1 heterocycles. The molecule has 2 N–H and O–H groups in total. The number of ether oxygens (including phenoxy) is 1. The van der Waals surface area contributed by atoms with Crippen LogP contribution in [0, 0.1) is 0 Å². The van der Waals surface area contributed by atoms with Crippen LogP contribution >= 0.6 is 0 Å². The highest BCUT2D eigenvalue weighted by molar-refractivity contribution is 5.78. The molecule has 0 saturated carbocycles. The Bertz CT molecular complexity index is 300. The maximum absolute atomic E-state index is 11.3. The Labute approximate surface area is 95.2 Å². The number of nitrogens with zero attached hydrogens (tertiary/aromatic N) is 1. The molecule has 0 bridgehead atoms. The minimum atomic E-state index is -0.202. The zero-order valence-corrected chi connectivity index (χ0v) is 9.57. The molecule has 0 saturated heterocycles. The summed E-state index contributed by atoms with van der Waals surface area (Å²) in [4.78, 5) is 24.2. The fourth-order valence-electron chi connectivity index (χ4n) is 1.62. The summed E-state index contributed by atoms with van der Waals surface area (Å²) < 4.78 is 4.86. The number of carbonyl (C=O) groups is 2. The van der Waals surface area contributed by atoms with E-state index >= 15 is 0 Å². The first-order valence-corrected chi connectivity index (χ1v) is 5.48. The lowest BCUT2D eigenvalue weighted by Crippen LogP contribution is -2.39. The smallest absolute Gasteiger partial charge is 0.309 e. The summed E-state index contributed by atoms with van der Waals surface area (Å²) in [5.41, 5.74) is 6.31. The van der Waals surface area contributed by atoms with Crippen molar-refractivity contribution < 1.29 is 14.3 Å². The monoisotopic (exact) mass is 226 g/mol. The number of carbonyl (C=O) groups excluding carboxylic acids is 2. The van der Waals surface area contributed by atoms with E-state index in [0.717, 1.165) is 12.0 Å². The molecule has 5 nitrogen and oxygen atoms in total. The highest BCUT2D eigenvalue weighted by Crippen LogP contribution is 2.14. The number of nitrogens with two attached hydrogens (primary N) is 1. The van der Waals surface area contributed by atoms with Gasteiger partial charge in [0.2, 0.25) is 5.91 Å². The molecule has 1 rings (SSSR count). The SMILES string of the molecule is CCOC(=O)CC1=CCN(C(=O)CN)CC1. The molecule has 0 aliphatic carbocycles. The molecular formula is C11H18N2O3. The van der Waals surface area contributed by atoms with Crippen molar-refractivity contribution in [3.63, 3.8) is 0 Å². The Morgan fingerprint density at radius 2 is 2.31 bits per heavy atom. The van der Waals surface area contributed by atoms with Gasteiger partial charge >= 0.3 is 5.97 Å². The molecule has 1 amide bonds. The summed E-state index contributed by atoms with van der Waals surface area (Å²) in [6.45, 7) is 3.42. The van der Waals surface area contributed by atoms with Gasteiger partial charge in [-0.3, -0.25) is 9.59 Å². The van der Waals surface area contributed by atoms with Crippen LogP contribution < -0.4 is 5.73 Å². The molecule has 0 fully saturated rings. The summed E-state index contributed by atoms with van der Waals surface area (Å²) in [7, 11) is 0. The Balaban J connectivity index is 2.40. The van der Waals surface area contributed by atoms with Crippen LogP contribution in [-0.4, -0.2) is 43.0 Å². The van der Waals surface area contributed by atoms with E-state index in [2.05, 4.69) is 0 Å². The highest BCUT2D eigenvalue weighted by atomic mass is 16.5. The lowest BCUT2D eigenvalue weighted by Gasteiger charge is -2.25. The molecule has 5 heteroatoms. The maximum atomic E-state index is 11.3. The van der Waals surface area contributed by atoms with Gasteiger partial charge in [0.25, 0.3) is 0 Å². The zero-order valence-electron chi connectivity index (χ0n) is 9.57. The Kier molecular flexibility index (Phi) is 4.98. The van der Waals surface area contributed by atoms with E-state index in [1.54, 1.807) is 11.8 Å². The summed E-state index contributed by atoms with van der Waals surface area (Å²) in [5.74, 6) is -0.251. The van der Waals surface area contributed by atoms with Crippen LogP contribution in [0.5, 0.6) is 0 Å². The van der Waals surface area contributed by atoms with Gasteiger partial charge in [-0.25, -0.2) is 0 Å². The first-order chi connectivity index (χ1) is 7.67. The van der Waals surface area contributed by atoms with Crippen molar-refractivity contribution in [3.8, 4) is 0 Å². The van der Waals surface area contributed by atoms with Crippen molar-refractivity contribution >= 4 is 11.9 Å². The Hall–Kier alpha value is -1.36. The molecule has 0 atom stereocenters. The van der Waals surface area contributed by atoms with E-state index in [-0.39, 0.29) is 18.4 Å². The van der Waals surface area contributed by atoms with E-state index in [1.807, 2.05) is 6.08 Å². The lowest BCUT2D eigenvalue weighted by molar-refractivity contribution is -0.142. The molecule has 90 valence electrons. The largest absolute Gasteiger partial charge is 0.466 e. The topological polar surface area (TPSA) is 72.6 Å². The van der Waals surface area contributed by atoms with Gasteiger partial charge in [-0.15, -0.1) is 0 Å². The molecule has 0 aromatic rings. The third-order valence-corrected chi connectivity index (χ3v) is 2.51. The first kappa shape index (κ1) is 12.7. The third-order valence-electron chi connectivity index (χ3n) is 2.51. The molecule has 0 radical (unpaired) electrons. The van der Waals surface area contributed by atoms with Gasteiger partial charge in [-0.1, -0.05) is 11.6 Å². The summed E-state index contributed by atoms with van der Waals surface area (Å²) in [5, 5.41) is 0. The van der Waals surface area contributed by atoms with Crippen LogP contribution in [0.2, 0.25) is 0 Å². The van der Waals surface area contributed by atoms with Crippen molar-refractivity contribution in [1.82, 2.24) is 4.90 Å². The molecule has 0 spiro atoms. The zero-order chi connectivity index (χ0) is 12.0. The quantitative estimate of drug-likeness (QED) is 0.543. The van der Waals surface area contributed by atoms with Crippen LogP contribution in [0.4, 0.5) is 0 Å². The van der Waals surface area contributed by atoms with Crippen LogP contribution in [0.3, 0.4) is 0 Å². The number of hydrogen-bond acceptors (Lipinski definition) is 4. The molecule has 0 aromatic carbocycles. The standard InChI is InChI=1S/C11H18N2O3/c1-2-16-11(15)7-9-3-5-13(6-4-9)10(14)8-12/h3H,2,4-8,12H2,1H3. The molecule has 0 unspecified atom stereocenters. The third kappa shape index (κ3) is 3.66. The number of rotatable bonds is 4. The lowest BCUT2D eigenvalue weighted by atomic mass is 10.1. The predicted octanol–water partition coefficient (Wildman–Crippen LogP) is 0.0570. The predicted molar refractivity (Wildman–Crippen MR) is 59.6 cm³/mol. The van der Waals surface area contributed by atoms with Gasteiger partial charge in [0, 0.05) is 13.1 Å². The minimum absolute atomic E-state index is 0.0427. The molecule has 0 aromatic heterocycles. The number of hydrogen-bond donors (Lipinski definition) is 1. The number of esters is 1. The van der Waals surface area contributed by atoms with Crippen LogP contribution in [0.1, 0.15) is 19.8 Å². The fraction of sp³-hybridized carbons (Fsp3) is 0.636. The van der Waals surface area contributed by atoms with Gasteiger partial charge in [0.05, 0.1) is 19.6 Å². The van der Waals surface area contributed by atoms with Crippen LogP contribution in [-0.2, 0) is 14.3 Å². The van der Waals surface area contributed by atoms with E-state index in [9.17, 15) is 9.59 Å². The first-order valence-electron chi connectivity index (χ1n) is 5.48. The van der Waals surface area contributed by atoms with E-state index in [4.69, 9.17) is 10.5 Å². The average molecular weight is 226 g/mol. The van der Waals surface area contributed by atoms with E-state index in [1.165, 1.54) is 0 Å². The van der Waals surface area contributed by atoms with Crippen LogP contribution in [0.25, 0.3) is 0 Å². The van der Waals surface area contributed by atoms with Gasteiger partial charge in [0.1, 0.15) is 0 Å². The van der Waals surface area contributed by atoms with Crippen molar-refractivity contribution in [2.75, 3.05) is 26.2 Å². The van der Waals surface area contributed by atoms with Crippen molar-refractivity contribution in [1.29, 1.82) is 0 Å². The van der Waals surface area contributed by atoms with Gasteiger partial charge in [-0.2, -0.15) is 0 Å². The van der Waals surface area contributed by atoms with Crippen LogP contribution in [0.15, 0.2) is 11.6 Å². The molecule has 1 aliphatic heterocycles. The Morgan fingerprint density at radius 1 is 1.56 bits per heavy atom. The van der Waals surface area contributed by atoms with Gasteiger partial charge in [0.15, 0.2) is 0 Å². The summed E-state index contributed by atoms with van der Waals surface area (Å²) in [6, 6.07) is 0. The second-order valence-electron chi connectivity index (χ2n) is 3.64. The van der Waals surface area contributed by atoms with Gasteiger partial charge in [-0.05, 0) is 13.3 Å². The second-order valence-corrected chi connectivity index (χ2v) is 3.64. The maximum Gasteiger partial charge on any atom is 0.309 e. The summed E-state index contributed by atoms with van der Waals surface area (Å²) in [6.07, 6.45) is 2.97. The Morgan fingerprint density at radius 3 is 2.81 bits per heavy atom. The summed E-state index contributed by atoms with van der Waals surface area (Å²) >= 11 is 0. The normalized spacial score (nSPS) is 15.6. The van der Waals surface area contributed by atoms with Gasteiger partial charge < -0.3 is 15.4 Å². The fourth-order valence-corrected chi connectivity index (χ4v) is 1.62. The average Bonchev–Trinajstić information content (AvgIpc) is 2.29. The highest BCUT2D eigenvalue weighted by Gasteiger charge is 2.17. The second kappa shape index (κ2) is 6.27. The molecule has 1 aliphatic rings. The number of amides is 1. The van der Waals surface area contributed by atoms with Crippen molar-refractivity contribution in [2.24, 2.45) is 5.73 Å². The van der Waals surface area contributed by atoms with Crippen molar-refractivity contribution in [3.05, 3.63) is 11.6 Å². The molecule has 16 heavy (non-hydrogen) atoms. The van der Waals surface area contributed by atoms with Crippen molar-refractivity contribution in [2.45, 2.75) is 19.8 Å². The van der Waals surface area contributed by atoms with E-state index < -0.39 is 0 Å². The minimum Gasteiger partial charge on any atom is -0.466 e. The molecular weight excluding hydrogens is 208 g/mol. The van der Waals surface area contributed by atoms with E-state index in [0.29, 0.717) is 26.1 Å².